The van der Waals surface area contributed by atoms with Crippen molar-refractivity contribution in [1.82, 2.24) is 0 Å². The van der Waals surface area contributed by atoms with Crippen LogP contribution in [0.1, 0.15) is 11.1 Å². The molecule has 0 radical (unpaired) electrons. The highest BCUT2D eigenvalue weighted by Crippen LogP contribution is 2.44. The van der Waals surface area contributed by atoms with Gasteiger partial charge >= 0.3 is 0 Å². The maximum atomic E-state index is 2.64. The van der Waals surface area contributed by atoms with Crippen LogP contribution in [0.3, 0.4) is 0 Å². The molecule has 0 aliphatic rings. The van der Waals surface area contributed by atoms with Crippen molar-refractivity contribution in [3.05, 3.63) is 78.2 Å². The molecule has 4 heteroatoms. The van der Waals surface area contributed by atoms with Crippen molar-refractivity contribution >= 4 is 72.5 Å². The smallest absolute Gasteiger partial charge is 0.0652 e. The van der Waals surface area contributed by atoms with E-state index in [1.54, 1.807) is 6.41 Å². The van der Waals surface area contributed by atoms with Crippen LogP contribution in [-0.4, -0.2) is 16.1 Å². The van der Waals surface area contributed by atoms with Crippen molar-refractivity contribution < 1.29 is 0 Å². The average Bonchev–Trinajstić information content (AvgIpc) is 2.58. The van der Waals surface area contributed by atoms with Gasteiger partial charge in [0.05, 0.1) is 16.1 Å². The monoisotopic (exact) mass is 602 g/mol. The third-order valence-electron chi connectivity index (χ3n) is 4.13. The van der Waals surface area contributed by atoms with E-state index in [2.05, 4.69) is 145 Å². The summed E-state index contributed by atoms with van der Waals surface area (Å²) in [5.74, 6) is 0. The summed E-state index contributed by atoms with van der Waals surface area (Å²) in [5.41, 5.74) is 5.57. The van der Waals surface area contributed by atoms with Crippen molar-refractivity contribution in [2.24, 2.45) is 0 Å². The summed E-state index contributed by atoms with van der Waals surface area (Å²) < 4.78 is 3.10. The molecule has 2 aromatic carbocycles. The molecule has 0 nitrogen and oxygen atoms in total. The largest absolute Gasteiger partial charge is 0.0863 e. The van der Waals surface area contributed by atoms with Gasteiger partial charge in [-0.1, -0.05) is 145 Å². The Morgan fingerprint density at radius 1 is 0.538 bits per heavy atom. The Morgan fingerprint density at radius 2 is 0.808 bits per heavy atom. The summed E-state index contributed by atoms with van der Waals surface area (Å²) in [6.45, 7) is 14.7. The van der Waals surface area contributed by atoms with Crippen molar-refractivity contribution in [1.29, 1.82) is 0 Å². The lowest BCUT2D eigenvalue weighted by Crippen LogP contribution is -2.25. The van der Waals surface area contributed by atoms with E-state index in [0.717, 1.165) is 0 Å². The molecule has 0 spiro atoms. The highest BCUT2D eigenvalue weighted by atomic mass is 127. The minimum absolute atomic E-state index is 1.34. The lowest BCUT2D eigenvalue weighted by atomic mass is 9.95. The molecule has 2 aromatic rings. The fraction of sp³-hybridized carbons (Fsp3) is 0.273. The first-order valence-electron chi connectivity index (χ1n) is 8.95. The number of rotatable bonds is 5. The van der Waals surface area contributed by atoms with Crippen molar-refractivity contribution in [3.63, 3.8) is 0 Å². The van der Waals surface area contributed by atoms with Gasteiger partial charge in [0.15, 0.2) is 0 Å². The zero-order valence-corrected chi connectivity index (χ0v) is 22.8. The Labute approximate surface area is 188 Å². The first-order valence-corrected chi connectivity index (χ1v) is 18.1. The predicted molar refractivity (Wildman–Crippen MR) is 141 cm³/mol. The SMILES string of the molecule is C[Si](C)(C)C(I)=C(C(=C(I)[Si](C)(C)C)c1ccccc1)c1ccccc1. The maximum absolute atomic E-state index is 2.64. The third kappa shape index (κ3) is 5.42. The van der Waals surface area contributed by atoms with Gasteiger partial charge in [-0.25, -0.2) is 0 Å². The number of hydrogen-bond donors (Lipinski definition) is 0. The Morgan fingerprint density at radius 3 is 1.04 bits per heavy atom. The predicted octanol–water partition coefficient (Wildman–Crippen LogP) is 8.43. The number of benzene rings is 2. The van der Waals surface area contributed by atoms with Crippen LogP contribution in [0.4, 0.5) is 0 Å². The molecular weight excluding hydrogens is 574 g/mol. The van der Waals surface area contributed by atoms with E-state index in [-0.39, 0.29) is 0 Å². The zero-order valence-electron chi connectivity index (χ0n) is 16.5. The third-order valence-corrected chi connectivity index (χ3v) is 18.1. The van der Waals surface area contributed by atoms with Crippen LogP contribution in [-0.2, 0) is 0 Å². The molecule has 0 N–H and O–H groups in total. The van der Waals surface area contributed by atoms with Gasteiger partial charge < -0.3 is 0 Å². The molecule has 2 rings (SSSR count). The number of halogens is 2. The van der Waals surface area contributed by atoms with Gasteiger partial charge in [-0.05, 0) is 28.7 Å². The fourth-order valence-electron chi connectivity index (χ4n) is 2.72. The number of allylic oxidation sites excluding steroid dienone is 2. The van der Waals surface area contributed by atoms with Crippen LogP contribution in [0, 0.1) is 0 Å². The highest BCUT2D eigenvalue weighted by Gasteiger charge is 2.29. The molecule has 0 fully saturated rings. The summed E-state index contributed by atoms with van der Waals surface area (Å²) in [6.07, 6.45) is 0. The van der Waals surface area contributed by atoms with Crippen molar-refractivity contribution in [2.75, 3.05) is 0 Å². The molecule has 0 aliphatic carbocycles. The van der Waals surface area contributed by atoms with Gasteiger partial charge in [0, 0.05) is 0 Å². The Hall–Kier alpha value is -0.186. The molecule has 0 atom stereocenters. The molecule has 0 saturated carbocycles. The molecule has 26 heavy (non-hydrogen) atoms. The molecule has 138 valence electrons. The standard InChI is InChI=1S/C22H28I2Si2/c1-25(2,3)21(23)19(17-13-9-7-10-14-17)20(22(24)26(4,5)6)18-15-11-8-12-16-18/h7-16H,1-6H3. The molecule has 0 aromatic heterocycles. The lowest BCUT2D eigenvalue weighted by Gasteiger charge is -2.27. The summed E-state index contributed by atoms with van der Waals surface area (Å²) in [7, 11) is -2.93. The second-order valence-corrected chi connectivity index (χ2v) is 22.8. The highest BCUT2D eigenvalue weighted by molar-refractivity contribution is 14.1. The molecular formula is C22H28I2Si2. The summed E-state index contributed by atoms with van der Waals surface area (Å²) in [4.78, 5) is 0. The van der Waals surface area contributed by atoms with E-state index in [4.69, 9.17) is 0 Å². The minimum atomic E-state index is -1.46. The second-order valence-electron chi connectivity index (χ2n) is 8.61. The Bertz CT molecular complexity index is 737. The van der Waals surface area contributed by atoms with Crippen LogP contribution < -0.4 is 0 Å². The van der Waals surface area contributed by atoms with E-state index >= 15 is 0 Å². The van der Waals surface area contributed by atoms with Gasteiger partial charge in [-0.3, -0.25) is 0 Å². The first kappa shape index (κ1) is 22.1. The van der Waals surface area contributed by atoms with Gasteiger partial charge in [-0.15, -0.1) is 0 Å². The van der Waals surface area contributed by atoms with Crippen LogP contribution in [0.2, 0.25) is 39.3 Å². The zero-order chi connectivity index (χ0) is 19.5. The fourth-order valence-corrected chi connectivity index (χ4v) is 5.92. The van der Waals surface area contributed by atoms with Crippen molar-refractivity contribution in [3.8, 4) is 0 Å². The Kier molecular flexibility index (Phi) is 7.55. The molecule has 0 bridgehead atoms. The minimum Gasteiger partial charge on any atom is -0.0652 e. The molecule has 0 aliphatic heterocycles. The van der Waals surface area contributed by atoms with Crippen LogP contribution in [0.15, 0.2) is 67.1 Å². The lowest BCUT2D eigenvalue weighted by molar-refractivity contribution is 1.57. The summed E-state index contributed by atoms with van der Waals surface area (Å²) in [6, 6.07) is 21.9. The van der Waals surface area contributed by atoms with Gasteiger partial charge in [0.2, 0.25) is 0 Å². The quantitative estimate of drug-likeness (QED) is 0.183. The van der Waals surface area contributed by atoms with Gasteiger partial charge in [-0.2, -0.15) is 0 Å². The van der Waals surface area contributed by atoms with Crippen LogP contribution >= 0.6 is 45.2 Å². The van der Waals surface area contributed by atoms with Gasteiger partial charge in [0.25, 0.3) is 0 Å². The normalized spacial score (nSPS) is 14.6. The molecule has 0 amide bonds. The van der Waals surface area contributed by atoms with E-state index in [1.807, 2.05) is 0 Å². The maximum Gasteiger partial charge on any atom is 0.0863 e. The number of hydrogen-bond acceptors (Lipinski definition) is 0. The van der Waals surface area contributed by atoms with E-state index < -0.39 is 16.1 Å². The summed E-state index contributed by atoms with van der Waals surface area (Å²) >= 11 is 5.27. The van der Waals surface area contributed by atoms with Crippen molar-refractivity contribution in [2.45, 2.75) is 39.3 Å². The average molecular weight is 602 g/mol. The second kappa shape index (κ2) is 8.88. The molecule has 0 saturated heterocycles. The van der Waals surface area contributed by atoms with E-state index in [0.29, 0.717) is 0 Å². The molecule has 0 heterocycles. The first-order chi connectivity index (χ1) is 12.0. The van der Waals surface area contributed by atoms with E-state index in [1.165, 1.54) is 22.3 Å². The Balaban J connectivity index is 2.94. The van der Waals surface area contributed by atoms with Gasteiger partial charge in [0.1, 0.15) is 0 Å². The van der Waals surface area contributed by atoms with E-state index in [9.17, 15) is 0 Å². The van der Waals surface area contributed by atoms with Crippen LogP contribution in [0.25, 0.3) is 11.1 Å². The van der Waals surface area contributed by atoms with Crippen LogP contribution in [0.5, 0.6) is 0 Å². The molecule has 0 unspecified atom stereocenters. The summed E-state index contributed by atoms with van der Waals surface area (Å²) in [5, 5.41) is 0. The topological polar surface area (TPSA) is 0 Å².